The van der Waals surface area contributed by atoms with E-state index in [4.69, 9.17) is 24.7 Å². The highest BCUT2D eigenvalue weighted by atomic mass is 16.8. The predicted octanol–water partition coefficient (Wildman–Crippen LogP) is 0.0757. The Morgan fingerprint density at radius 1 is 1.32 bits per heavy atom. The Bertz CT molecular complexity index is 422. The first-order chi connectivity index (χ1) is 9.98. The van der Waals surface area contributed by atoms with Crippen molar-refractivity contribution >= 4 is 6.09 Å². The largest absolute Gasteiger partial charge is 0.444 e. The van der Waals surface area contributed by atoms with Crippen LogP contribution in [0, 0.1) is 0 Å². The van der Waals surface area contributed by atoms with Gasteiger partial charge < -0.3 is 35.1 Å². The number of carbonyl (C=O) groups is 1. The zero-order valence-corrected chi connectivity index (χ0v) is 13.7. The van der Waals surface area contributed by atoms with Crippen LogP contribution in [0.1, 0.15) is 34.6 Å². The van der Waals surface area contributed by atoms with Gasteiger partial charge in [-0.25, -0.2) is 4.79 Å². The number of hydrogen-bond acceptors (Lipinski definition) is 7. The molecule has 2 fully saturated rings. The summed E-state index contributed by atoms with van der Waals surface area (Å²) in [5.74, 6) is -0.815. The Morgan fingerprint density at radius 2 is 1.91 bits per heavy atom. The standard InChI is InChI=1S/C14H26N2O6/c1-13(2,3)22-12(18)16-6-7-9-10(8(15)11(17)19-7)21-14(4,5)20-9/h7-11,17H,6,15H2,1-5H3,(H,16,18)/t7?,8-,9?,10?,11?/m1/s1. The van der Waals surface area contributed by atoms with E-state index in [1.807, 2.05) is 0 Å². The van der Waals surface area contributed by atoms with Crippen LogP contribution in [0.4, 0.5) is 4.79 Å². The van der Waals surface area contributed by atoms with Gasteiger partial charge in [-0.3, -0.25) is 0 Å². The lowest BCUT2D eigenvalue weighted by atomic mass is 9.97. The van der Waals surface area contributed by atoms with Crippen molar-refractivity contribution in [2.45, 2.75) is 76.7 Å². The average Bonchev–Trinajstić information content (AvgIpc) is 2.66. The summed E-state index contributed by atoms with van der Waals surface area (Å²) in [5.41, 5.74) is 5.31. The zero-order chi connectivity index (χ0) is 16.7. The van der Waals surface area contributed by atoms with Crippen LogP contribution in [0.2, 0.25) is 0 Å². The molecule has 0 saturated carbocycles. The summed E-state index contributed by atoms with van der Waals surface area (Å²) in [5, 5.41) is 12.5. The van der Waals surface area contributed by atoms with Crippen molar-refractivity contribution in [3.8, 4) is 0 Å². The molecule has 0 aromatic heterocycles. The van der Waals surface area contributed by atoms with Crippen LogP contribution in [-0.2, 0) is 18.9 Å². The van der Waals surface area contributed by atoms with Crippen molar-refractivity contribution in [3.05, 3.63) is 0 Å². The smallest absolute Gasteiger partial charge is 0.407 e. The van der Waals surface area contributed by atoms with Crippen LogP contribution in [0.3, 0.4) is 0 Å². The molecule has 0 radical (unpaired) electrons. The van der Waals surface area contributed by atoms with Gasteiger partial charge in [0.1, 0.15) is 23.9 Å². The minimum atomic E-state index is -1.18. The lowest BCUT2D eigenvalue weighted by Crippen LogP contribution is -2.62. The molecule has 4 N–H and O–H groups in total. The lowest BCUT2D eigenvalue weighted by molar-refractivity contribution is -0.216. The molecule has 2 aliphatic rings. The highest BCUT2D eigenvalue weighted by molar-refractivity contribution is 5.67. The van der Waals surface area contributed by atoms with Crippen LogP contribution in [0.5, 0.6) is 0 Å². The molecule has 5 atom stereocenters. The van der Waals surface area contributed by atoms with E-state index >= 15 is 0 Å². The maximum Gasteiger partial charge on any atom is 0.407 e. The fourth-order valence-corrected chi connectivity index (χ4v) is 2.57. The summed E-state index contributed by atoms with van der Waals surface area (Å²) in [6, 6.07) is -0.704. The Balaban J connectivity index is 1.97. The quantitative estimate of drug-likeness (QED) is 0.660. The van der Waals surface area contributed by atoms with E-state index in [0.29, 0.717) is 0 Å². The molecule has 1 amide bonds. The monoisotopic (exact) mass is 318 g/mol. The minimum absolute atomic E-state index is 0.124. The second-order valence-corrected chi connectivity index (χ2v) is 7.09. The van der Waals surface area contributed by atoms with E-state index in [-0.39, 0.29) is 6.54 Å². The number of carbonyl (C=O) groups excluding carboxylic acids is 1. The van der Waals surface area contributed by atoms with E-state index in [2.05, 4.69) is 5.32 Å². The molecule has 2 heterocycles. The number of alkyl carbamates (subject to hydrolysis) is 1. The van der Waals surface area contributed by atoms with Crippen molar-refractivity contribution < 1.29 is 28.8 Å². The third kappa shape index (κ3) is 4.08. The topological polar surface area (TPSA) is 112 Å². The highest BCUT2D eigenvalue weighted by Gasteiger charge is 2.53. The SMILES string of the molecule is CC(C)(C)OC(=O)NCC1OC(O)[C@H](N)C2OC(C)(C)OC12. The summed E-state index contributed by atoms with van der Waals surface area (Å²) in [6.45, 7) is 8.99. The van der Waals surface area contributed by atoms with Crippen molar-refractivity contribution in [1.82, 2.24) is 5.32 Å². The van der Waals surface area contributed by atoms with Crippen molar-refractivity contribution in [1.29, 1.82) is 0 Å². The third-order valence-corrected chi connectivity index (χ3v) is 3.40. The molecule has 4 unspecified atom stereocenters. The van der Waals surface area contributed by atoms with E-state index < -0.39 is 48.1 Å². The molecule has 128 valence electrons. The minimum Gasteiger partial charge on any atom is -0.444 e. The molecule has 0 aromatic rings. The number of ether oxygens (including phenoxy) is 4. The second kappa shape index (κ2) is 5.93. The molecule has 8 heteroatoms. The maximum atomic E-state index is 11.7. The number of hydrogen-bond donors (Lipinski definition) is 3. The van der Waals surface area contributed by atoms with Crippen molar-refractivity contribution in [3.63, 3.8) is 0 Å². The van der Waals surface area contributed by atoms with Gasteiger partial charge in [0.15, 0.2) is 12.1 Å². The van der Waals surface area contributed by atoms with Crippen LogP contribution in [-0.4, -0.2) is 59.8 Å². The predicted molar refractivity (Wildman–Crippen MR) is 76.9 cm³/mol. The summed E-state index contributed by atoms with van der Waals surface area (Å²) in [6.07, 6.45) is -3.28. The average molecular weight is 318 g/mol. The molecule has 0 spiro atoms. The van der Waals surface area contributed by atoms with Gasteiger partial charge in [-0.2, -0.15) is 0 Å². The second-order valence-electron chi connectivity index (χ2n) is 7.09. The highest BCUT2D eigenvalue weighted by Crippen LogP contribution is 2.36. The van der Waals surface area contributed by atoms with E-state index in [1.165, 1.54) is 0 Å². The first-order valence-corrected chi connectivity index (χ1v) is 7.40. The van der Waals surface area contributed by atoms with Crippen LogP contribution >= 0.6 is 0 Å². The van der Waals surface area contributed by atoms with Gasteiger partial charge in [0, 0.05) is 6.54 Å². The summed E-state index contributed by atoms with van der Waals surface area (Å²) < 4.78 is 22.1. The molecule has 0 bridgehead atoms. The zero-order valence-electron chi connectivity index (χ0n) is 13.7. The molecule has 0 aromatic carbocycles. The molecule has 8 nitrogen and oxygen atoms in total. The molecule has 22 heavy (non-hydrogen) atoms. The van der Waals surface area contributed by atoms with Crippen LogP contribution in [0.25, 0.3) is 0 Å². The number of aliphatic hydroxyl groups is 1. The number of nitrogens with two attached hydrogens (primary N) is 1. The fourth-order valence-electron chi connectivity index (χ4n) is 2.57. The Labute approximate surface area is 130 Å². The summed E-state index contributed by atoms with van der Waals surface area (Å²) in [7, 11) is 0. The van der Waals surface area contributed by atoms with Crippen molar-refractivity contribution in [2.24, 2.45) is 5.73 Å². The van der Waals surface area contributed by atoms with Crippen LogP contribution < -0.4 is 11.1 Å². The normalized spacial score (nSPS) is 37.5. The van der Waals surface area contributed by atoms with E-state index in [1.54, 1.807) is 34.6 Å². The number of nitrogens with one attached hydrogen (secondary N) is 1. The maximum absolute atomic E-state index is 11.7. The number of aliphatic hydroxyl groups excluding tert-OH is 1. The number of rotatable bonds is 2. The molecule has 2 rings (SSSR count). The first kappa shape index (κ1) is 17.4. The van der Waals surface area contributed by atoms with Gasteiger partial charge in [-0.1, -0.05) is 0 Å². The van der Waals surface area contributed by atoms with E-state index in [9.17, 15) is 9.90 Å². The van der Waals surface area contributed by atoms with Gasteiger partial charge in [0.25, 0.3) is 0 Å². The molecular formula is C14H26N2O6. The summed E-state index contributed by atoms with van der Waals surface area (Å²) >= 11 is 0. The van der Waals surface area contributed by atoms with Gasteiger partial charge in [0.05, 0.1) is 6.04 Å². The van der Waals surface area contributed by atoms with Crippen LogP contribution in [0.15, 0.2) is 0 Å². The number of fused-ring (bicyclic) bond motifs is 1. The summed E-state index contributed by atoms with van der Waals surface area (Å²) in [4.78, 5) is 11.7. The Hall–Kier alpha value is -0.930. The molecule has 0 aliphatic carbocycles. The van der Waals surface area contributed by atoms with Gasteiger partial charge >= 0.3 is 6.09 Å². The van der Waals surface area contributed by atoms with Crippen molar-refractivity contribution in [2.75, 3.05) is 6.54 Å². The molecule has 2 aliphatic heterocycles. The molecule has 2 saturated heterocycles. The Morgan fingerprint density at radius 3 is 2.50 bits per heavy atom. The Kier molecular flexibility index (Phi) is 4.70. The van der Waals surface area contributed by atoms with Gasteiger partial charge in [-0.15, -0.1) is 0 Å². The van der Waals surface area contributed by atoms with Gasteiger partial charge in [-0.05, 0) is 34.6 Å². The first-order valence-electron chi connectivity index (χ1n) is 7.40. The molecular weight excluding hydrogens is 292 g/mol. The van der Waals surface area contributed by atoms with Gasteiger partial charge in [0.2, 0.25) is 0 Å². The third-order valence-electron chi connectivity index (χ3n) is 3.40. The number of amides is 1. The fraction of sp³-hybridized carbons (Fsp3) is 0.929. The lowest BCUT2D eigenvalue weighted by Gasteiger charge is -2.38. The van der Waals surface area contributed by atoms with E-state index in [0.717, 1.165) is 0 Å².